The highest BCUT2D eigenvalue weighted by Gasteiger charge is 2.22. The first-order chi connectivity index (χ1) is 8.24. The molecule has 0 radical (unpaired) electrons. The lowest BCUT2D eigenvalue weighted by atomic mass is 9.98. The summed E-state index contributed by atoms with van der Waals surface area (Å²) in [6.45, 7) is 5.55. The van der Waals surface area contributed by atoms with Gasteiger partial charge in [0.15, 0.2) is 0 Å². The molecule has 1 aromatic rings. The van der Waals surface area contributed by atoms with Crippen LogP contribution in [-0.4, -0.2) is 36.2 Å². The first-order valence-electron chi connectivity index (χ1n) is 6.66. The number of aryl methyl sites for hydroxylation is 2. The summed E-state index contributed by atoms with van der Waals surface area (Å²) in [5, 5.41) is 3.29. The predicted octanol–water partition coefficient (Wildman–Crippen LogP) is 1.42. The monoisotopic (exact) mass is 236 g/mol. The summed E-state index contributed by atoms with van der Waals surface area (Å²) in [5.41, 5.74) is 1.19. The zero-order chi connectivity index (χ0) is 12.3. The van der Waals surface area contributed by atoms with E-state index in [1.165, 1.54) is 18.5 Å². The van der Waals surface area contributed by atoms with Crippen LogP contribution in [0.2, 0.25) is 0 Å². The van der Waals surface area contributed by atoms with Gasteiger partial charge in [-0.05, 0) is 38.8 Å². The molecule has 2 rings (SSSR count). The summed E-state index contributed by atoms with van der Waals surface area (Å²) in [6.07, 6.45) is 5.78. The van der Waals surface area contributed by atoms with Crippen LogP contribution in [0, 0.1) is 5.92 Å². The van der Waals surface area contributed by atoms with Gasteiger partial charge in [0.2, 0.25) is 5.95 Å². The van der Waals surface area contributed by atoms with Crippen molar-refractivity contribution in [1.29, 1.82) is 0 Å². The smallest absolute Gasteiger partial charge is 0.205 e. The van der Waals surface area contributed by atoms with E-state index in [9.17, 15) is 0 Å². The Labute approximate surface area is 104 Å². The maximum Gasteiger partial charge on any atom is 0.205 e. The molecule has 1 aromatic heterocycles. The van der Waals surface area contributed by atoms with Crippen molar-refractivity contribution in [2.45, 2.75) is 26.2 Å². The third-order valence-corrected chi connectivity index (χ3v) is 3.56. The van der Waals surface area contributed by atoms with Gasteiger partial charge in [-0.1, -0.05) is 6.92 Å². The van der Waals surface area contributed by atoms with Crippen LogP contribution in [-0.2, 0) is 13.5 Å². The number of hydrogen-bond acceptors (Lipinski definition) is 3. The van der Waals surface area contributed by atoms with E-state index in [-0.39, 0.29) is 0 Å². The molecular formula is C13H24N4. The van der Waals surface area contributed by atoms with Crippen molar-refractivity contribution in [2.75, 3.05) is 31.6 Å². The molecule has 2 heterocycles. The van der Waals surface area contributed by atoms with E-state index in [1.54, 1.807) is 0 Å². The average Bonchev–Trinajstić information content (AvgIpc) is 2.71. The van der Waals surface area contributed by atoms with Crippen LogP contribution >= 0.6 is 0 Å². The summed E-state index contributed by atoms with van der Waals surface area (Å²) < 4.78 is 2.17. The Morgan fingerprint density at radius 2 is 2.35 bits per heavy atom. The van der Waals surface area contributed by atoms with Crippen LogP contribution < -0.4 is 10.2 Å². The Morgan fingerprint density at radius 3 is 3.00 bits per heavy atom. The maximum atomic E-state index is 4.71. The molecule has 0 aromatic carbocycles. The van der Waals surface area contributed by atoms with Crippen LogP contribution in [0.3, 0.4) is 0 Å². The normalized spacial score (nSPS) is 20.9. The Kier molecular flexibility index (Phi) is 4.05. The highest BCUT2D eigenvalue weighted by molar-refractivity contribution is 5.34. The van der Waals surface area contributed by atoms with Gasteiger partial charge in [0.05, 0.1) is 5.69 Å². The molecule has 1 aliphatic rings. The summed E-state index contributed by atoms with van der Waals surface area (Å²) in [7, 11) is 4.14. The van der Waals surface area contributed by atoms with Gasteiger partial charge in [-0.25, -0.2) is 4.98 Å². The van der Waals surface area contributed by atoms with Gasteiger partial charge in [0.25, 0.3) is 0 Å². The fourth-order valence-corrected chi connectivity index (χ4v) is 2.68. The number of piperidine rings is 1. The molecule has 1 atom stereocenters. The molecule has 1 unspecified atom stereocenters. The van der Waals surface area contributed by atoms with Crippen molar-refractivity contribution in [2.24, 2.45) is 13.0 Å². The minimum Gasteiger partial charge on any atom is -0.342 e. The van der Waals surface area contributed by atoms with Crippen LogP contribution in [0.25, 0.3) is 0 Å². The lowest BCUT2D eigenvalue weighted by Crippen LogP contribution is -2.40. The topological polar surface area (TPSA) is 33.1 Å². The van der Waals surface area contributed by atoms with E-state index in [2.05, 4.69) is 35.0 Å². The minimum atomic E-state index is 0.760. The van der Waals surface area contributed by atoms with Gasteiger partial charge < -0.3 is 14.8 Å². The summed E-state index contributed by atoms with van der Waals surface area (Å²) >= 11 is 0. The molecule has 1 saturated heterocycles. The number of anilines is 1. The third-order valence-electron chi connectivity index (χ3n) is 3.56. The molecule has 0 bridgehead atoms. The first kappa shape index (κ1) is 12.4. The predicted molar refractivity (Wildman–Crippen MR) is 71.4 cm³/mol. The van der Waals surface area contributed by atoms with Crippen molar-refractivity contribution < 1.29 is 0 Å². The minimum absolute atomic E-state index is 0.760. The van der Waals surface area contributed by atoms with Crippen LogP contribution in [0.1, 0.15) is 25.5 Å². The van der Waals surface area contributed by atoms with E-state index in [0.717, 1.165) is 37.9 Å². The lowest BCUT2D eigenvalue weighted by molar-refractivity contribution is 0.397. The Balaban J connectivity index is 2.07. The zero-order valence-electron chi connectivity index (χ0n) is 11.2. The molecule has 1 N–H and O–H groups in total. The molecule has 4 heteroatoms. The second-order valence-corrected chi connectivity index (χ2v) is 5.01. The summed E-state index contributed by atoms with van der Waals surface area (Å²) in [6, 6.07) is 0. The Bertz CT molecular complexity index is 356. The Hall–Kier alpha value is -1.03. The molecule has 96 valence electrons. The molecule has 0 aliphatic carbocycles. The molecule has 4 nitrogen and oxygen atoms in total. The largest absolute Gasteiger partial charge is 0.342 e. The van der Waals surface area contributed by atoms with Gasteiger partial charge in [0, 0.05) is 26.3 Å². The molecule has 1 aliphatic heterocycles. The number of aromatic nitrogens is 2. The van der Waals surface area contributed by atoms with Crippen molar-refractivity contribution in [3.63, 3.8) is 0 Å². The fourth-order valence-electron chi connectivity index (χ4n) is 2.68. The number of rotatable bonds is 4. The third kappa shape index (κ3) is 2.80. The fraction of sp³-hybridized carbons (Fsp3) is 0.769. The molecule has 0 spiro atoms. The van der Waals surface area contributed by atoms with Gasteiger partial charge in [-0.2, -0.15) is 0 Å². The van der Waals surface area contributed by atoms with E-state index in [0.29, 0.717) is 0 Å². The SMILES string of the molecule is CCc1cn(C)c(N2CCCC(CNC)C2)n1. The highest BCUT2D eigenvalue weighted by atomic mass is 15.3. The van der Waals surface area contributed by atoms with Crippen LogP contribution in [0.15, 0.2) is 6.20 Å². The van der Waals surface area contributed by atoms with Crippen molar-refractivity contribution in [3.05, 3.63) is 11.9 Å². The van der Waals surface area contributed by atoms with Crippen molar-refractivity contribution in [3.8, 4) is 0 Å². The van der Waals surface area contributed by atoms with Gasteiger partial charge in [0.1, 0.15) is 0 Å². The van der Waals surface area contributed by atoms with Crippen LogP contribution in [0.4, 0.5) is 5.95 Å². The van der Waals surface area contributed by atoms with E-state index in [4.69, 9.17) is 4.98 Å². The van der Waals surface area contributed by atoms with Gasteiger partial charge in [-0.3, -0.25) is 0 Å². The first-order valence-corrected chi connectivity index (χ1v) is 6.66. The standard InChI is InChI=1S/C13H24N4/c1-4-12-10-16(3)13(15-12)17-7-5-6-11(9-17)8-14-2/h10-11,14H,4-9H2,1-3H3. The number of hydrogen-bond donors (Lipinski definition) is 1. The highest BCUT2D eigenvalue weighted by Crippen LogP contribution is 2.22. The number of nitrogens with one attached hydrogen (secondary N) is 1. The molecule has 1 fully saturated rings. The second-order valence-electron chi connectivity index (χ2n) is 5.01. The lowest BCUT2D eigenvalue weighted by Gasteiger charge is -2.33. The maximum absolute atomic E-state index is 4.71. The van der Waals surface area contributed by atoms with Crippen molar-refractivity contribution >= 4 is 5.95 Å². The van der Waals surface area contributed by atoms with E-state index >= 15 is 0 Å². The molecule has 0 amide bonds. The van der Waals surface area contributed by atoms with Gasteiger partial charge >= 0.3 is 0 Å². The zero-order valence-corrected chi connectivity index (χ0v) is 11.2. The molecule has 17 heavy (non-hydrogen) atoms. The Morgan fingerprint density at radius 1 is 1.53 bits per heavy atom. The van der Waals surface area contributed by atoms with E-state index < -0.39 is 0 Å². The second kappa shape index (κ2) is 5.54. The van der Waals surface area contributed by atoms with E-state index in [1.807, 2.05) is 7.05 Å². The summed E-state index contributed by atoms with van der Waals surface area (Å²) in [5.74, 6) is 1.90. The van der Waals surface area contributed by atoms with Gasteiger partial charge in [-0.15, -0.1) is 0 Å². The number of imidazole rings is 1. The molecule has 0 saturated carbocycles. The molecular weight excluding hydrogens is 212 g/mol. The quantitative estimate of drug-likeness (QED) is 0.858. The number of nitrogens with zero attached hydrogens (tertiary/aromatic N) is 3. The van der Waals surface area contributed by atoms with Crippen LogP contribution in [0.5, 0.6) is 0 Å². The summed E-state index contributed by atoms with van der Waals surface area (Å²) in [4.78, 5) is 7.15. The van der Waals surface area contributed by atoms with Crippen molar-refractivity contribution in [1.82, 2.24) is 14.9 Å². The average molecular weight is 236 g/mol.